The molecule has 0 radical (unpaired) electrons. The zero-order chi connectivity index (χ0) is 43.6. The number of Topliss-reactive ketones (excluding diaryl/α,β-unsaturated/α-hetero) is 2. The fourth-order valence-corrected chi connectivity index (χ4v) is 9.28. The summed E-state index contributed by atoms with van der Waals surface area (Å²) in [6, 6.07) is -1.19. The summed E-state index contributed by atoms with van der Waals surface area (Å²) in [6.45, 7) is 14.5. The van der Waals surface area contributed by atoms with Crippen LogP contribution < -0.4 is 0 Å². The number of esters is 2. The number of ether oxygens (including phenoxy) is 4. The molecule has 332 valence electrons. The van der Waals surface area contributed by atoms with E-state index < -0.39 is 83.7 Å². The predicted octanol–water partition coefficient (Wildman–Crippen LogP) is 4.29. The minimum absolute atomic E-state index is 0.0334. The van der Waals surface area contributed by atoms with Gasteiger partial charge in [0.15, 0.2) is 0 Å². The molecule has 59 heavy (non-hydrogen) atoms. The number of ketones is 2. The lowest BCUT2D eigenvalue weighted by molar-refractivity contribution is -0.298. The number of fused-ring (bicyclic) bond motifs is 3. The van der Waals surface area contributed by atoms with Crippen molar-refractivity contribution in [2.75, 3.05) is 19.8 Å². The number of piperidine rings is 1. The van der Waals surface area contributed by atoms with E-state index in [4.69, 9.17) is 18.9 Å². The standard InChI is InChI=1S/C45H69NO13/c1-8-12-32-20-26(3)19-27(4)21-37(49)41-38(50)23-29(6)45(55,59-41)42(52)43(53)46-18-11-10-13-34(46)44(54)58-40(30(7)35(47)24-36(32)48)28(5)22-31-14-16-33(17-15-31)57-25-39(51)56-9-2/h8,20,22,27,29-35,37-38,40-41,47,49-50,55H,1,9-19,21,23-25H2,2-7H3/b26-20+,28-22+/t27-,29+,30+,31?,32+,33?,34-,35-,37-,38-,40+,41+,45+/m0/s1. The molecule has 0 spiro atoms. The molecule has 0 aromatic heterocycles. The van der Waals surface area contributed by atoms with Crippen LogP contribution in [0.2, 0.25) is 0 Å². The molecule has 0 aromatic carbocycles. The molecule has 14 heteroatoms. The van der Waals surface area contributed by atoms with Gasteiger partial charge >= 0.3 is 11.9 Å². The topological polar surface area (TPSA) is 206 Å². The Morgan fingerprint density at radius 1 is 0.983 bits per heavy atom. The van der Waals surface area contributed by atoms with E-state index in [2.05, 4.69) is 6.58 Å². The van der Waals surface area contributed by atoms with Crippen molar-refractivity contribution in [1.29, 1.82) is 0 Å². The quantitative estimate of drug-likeness (QED) is 0.153. The molecule has 3 fully saturated rings. The molecule has 4 rings (SSSR count). The molecule has 11 atom stereocenters. The van der Waals surface area contributed by atoms with Gasteiger partial charge in [-0.05, 0) is 109 Å². The molecule has 1 saturated carbocycles. The largest absolute Gasteiger partial charge is 0.464 e. The monoisotopic (exact) mass is 831 g/mol. The van der Waals surface area contributed by atoms with Crippen molar-refractivity contribution in [2.45, 2.75) is 167 Å². The third-order valence-corrected chi connectivity index (χ3v) is 12.7. The molecule has 2 saturated heterocycles. The number of hydrogen-bond acceptors (Lipinski definition) is 13. The maximum Gasteiger partial charge on any atom is 0.332 e. The SMILES string of the molecule is C=CC[C@@H]1/C=C(\C)C[C@H](C)C[C@H](O)[C@H]2O[C@@](O)(C(=O)C(=O)N3CCCC[C@H]3C(=O)O[C@H](/C(C)=C/C3CCC(OCC(=O)OCC)CC3)[C@H](C)[C@@H](O)CC1=O)[C@H](C)C[C@@H]2O. The highest BCUT2D eigenvalue weighted by Gasteiger charge is 2.56. The van der Waals surface area contributed by atoms with Crippen molar-refractivity contribution in [3.8, 4) is 0 Å². The van der Waals surface area contributed by atoms with E-state index in [0.717, 1.165) is 23.3 Å². The molecule has 3 heterocycles. The maximum atomic E-state index is 14.3. The lowest BCUT2D eigenvalue weighted by Gasteiger charge is -2.45. The summed E-state index contributed by atoms with van der Waals surface area (Å²) < 4.78 is 22.8. The molecule has 0 unspecified atom stereocenters. The first-order valence-electron chi connectivity index (χ1n) is 21.7. The van der Waals surface area contributed by atoms with Crippen LogP contribution in [0.4, 0.5) is 0 Å². The van der Waals surface area contributed by atoms with Crippen LogP contribution in [-0.2, 0) is 42.9 Å². The zero-order valence-corrected chi connectivity index (χ0v) is 35.9. The van der Waals surface area contributed by atoms with E-state index in [1.54, 1.807) is 19.9 Å². The second kappa shape index (κ2) is 22.0. The predicted molar refractivity (Wildman–Crippen MR) is 217 cm³/mol. The Balaban J connectivity index is 1.68. The molecule has 1 amide bonds. The van der Waals surface area contributed by atoms with Gasteiger partial charge in [-0.2, -0.15) is 0 Å². The fraction of sp³-hybridized carbons (Fsp3) is 0.756. The summed E-state index contributed by atoms with van der Waals surface area (Å²) >= 11 is 0. The summed E-state index contributed by atoms with van der Waals surface area (Å²) in [4.78, 5) is 69.1. The van der Waals surface area contributed by atoms with Gasteiger partial charge in [-0.15, -0.1) is 6.58 Å². The lowest BCUT2D eigenvalue weighted by Crippen LogP contribution is -2.64. The Bertz CT molecular complexity index is 1550. The van der Waals surface area contributed by atoms with Gasteiger partial charge in [-0.3, -0.25) is 14.4 Å². The van der Waals surface area contributed by atoms with E-state index in [1.165, 1.54) is 6.92 Å². The molecule has 0 aromatic rings. The smallest absolute Gasteiger partial charge is 0.332 e. The summed E-state index contributed by atoms with van der Waals surface area (Å²) in [7, 11) is 0. The zero-order valence-electron chi connectivity index (χ0n) is 35.9. The van der Waals surface area contributed by atoms with E-state index in [9.17, 15) is 44.4 Å². The third kappa shape index (κ3) is 12.6. The fourth-order valence-electron chi connectivity index (χ4n) is 9.28. The van der Waals surface area contributed by atoms with Crippen LogP contribution in [0, 0.1) is 29.6 Å². The van der Waals surface area contributed by atoms with Crippen LogP contribution in [0.25, 0.3) is 0 Å². The number of cyclic esters (lactones) is 1. The Labute approximate surface area is 349 Å². The van der Waals surface area contributed by atoms with E-state index in [0.29, 0.717) is 44.1 Å². The number of aliphatic hydroxyl groups is 4. The van der Waals surface area contributed by atoms with Crippen molar-refractivity contribution in [3.63, 3.8) is 0 Å². The van der Waals surface area contributed by atoms with Crippen LogP contribution in [-0.4, -0.2) is 123 Å². The van der Waals surface area contributed by atoms with Crippen LogP contribution in [0.15, 0.2) is 36.0 Å². The minimum Gasteiger partial charge on any atom is -0.464 e. The van der Waals surface area contributed by atoms with Gasteiger partial charge in [-0.25, -0.2) is 9.59 Å². The summed E-state index contributed by atoms with van der Waals surface area (Å²) in [5.74, 6) is -9.00. The first-order valence-corrected chi connectivity index (χ1v) is 21.7. The molecule has 3 aliphatic heterocycles. The lowest BCUT2D eigenvalue weighted by atomic mass is 9.82. The van der Waals surface area contributed by atoms with Gasteiger partial charge in [0.1, 0.15) is 30.6 Å². The van der Waals surface area contributed by atoms with Crippen molar-refractivity contribution in [1.82, 2.24) is 4.90 Å². The highest BCUT2D eigenvalue weighted by atomic mass is 16.7. The Morgan fingerprint density at radius 3 is 2.32 bits per heavy atom. The molecule has 1 aliphatic carbocycles. The van der Waals surface area contributed by atoms with Gasteiger partial charge < -0.3 is 44.3 Å². The third-order valence-electron chi connectivity index (χ3n) is 12.7. The molecular formula is C45H69NO13. The number of amides is 1. The Morgan fingerprint density at radius 2 is 1.66 bits per heavy atom. The minimum atomic E-state index is -2.67. The van der Waals surface area contributed by atoms with Crippen molar-refractivity contribution in [3.05, 3.63) is 36.0 Å². The van der Waals surface area contributed by atoms with Crippen LogP contribution in [0.5, 0.6) is 0 Å². The molecule has 2 bridgehead atoms. The number of rotatable bonds is 8. The summed E-state index contributed by atoms with van der Waals surface area (Å²) in [5, 5.41) is 45.7. The number of carbonyl (C=O) groups excluding carboxylic acids is 5. The molecule has 14 nitrogen and oxygen atoms in total. The maximum absolute atomic E-state index is 14.3. The number of nitrogens with zero attached hydrogens (tertiary/aromatic N) is 1. The second-order valence-electron chi connectivity index (χ2n) is 17.6. The molecular weight excluding hydrogens is 762 g/mol. The van der Waals surface area contributed by atoms with Crippen LogP contribution in [0.3, 0.4) is 0 Å². The van der Waals surface area contributed by atoms with E-state index in [-0.39, 0.29) is 69.2 Å². The van der Waals surface area contributed by atoms with Gasteiger partial charge in [0.2, 0.25) is 5.79 Å². The van der Waals surface area contributed by atoms with Gasteiger partial charge in [0.25, 0.3) is 11.7 Å². The van der Waals surface area contributed by atoms with Crippen LogP contribution >= 0.6 is 0 Å². The van der Waals surface area contributed by atoms with Crippen molar-refractivity contribution < 1.29 is 63.3 Å². The van der Waals surface area contributed by atoms with Crippen LogP contribution in [0.1, 0.15) is 119 Å². The average molecular weight is 832 g/mol. The number of carbonyl (C=O) groups is 5. The van der Waals surface area contributed by atoms with Crippen molar-refractivity contribution in [2.24, 2.45) is 29.6 Å². The Kier molecular flexibility index (Phi) is 18.1. The van der Waals surface area contributed by atoms with E-state index in [1.807, 2.05) is 32.9 Å². The average Bonchev–Trinajstić information content (AvgIpc) is 3.19. The first kappa shape index (κ1) is 48.4. The Hall–Kier alpha value is -3.27. The first-order chi connectivity index (χ1) is 27.9. The molecule has 4 N–H and O–H groups in total. The number of allylic oxidation sites excluding steroid dienone is 4. The summed E-state index contributed by atoms with van der Waals surface area (Å²) in [6.07, 6.45) is 3.91. The summed E-state index contributed by atoms with van der Waals surface area (Å²) in [5.41, 5.74) is 1.52. The highest BCUT2D eigenvalue weighted by molar-refractivity contribution is 6.39. The van der Waals surface area contributed by atoms with E-state index >= 15 is 0 Å². The highest BCUT2D eigenvalue weighted by Crippen LogP contribution is 2.38. The normalized spacial score (nSPS) is 38.6. The van der Waals surface area contributed by atoms with Gasteiger partial charge in [-0.1, -0.05) is 44.6 Å². The van der Waals surface area contributed by atoms with Crippen molar-refractivity contribution >= 4 is 29.4 Å². The van der Waals surface area contributed by atoms with Gasteiger partial charge in [0, 0.05) is 30.7 Å². The second-order valence-corrected chi connectivity index (χ2v) is 17.6. The van der Waals surface area contributed by atoms with Gasteiger partial charge in [0.05, 0.1) is 31.0 Å². The number of hydrogen-bond donors (Lipinski definition) is 4. The number of aliphatic hydroxyl groups excluding tert-OH is 3. The molecule has 4 aliphatic rings.